The summed E-state index contributed by atoms with van der Waals surface area (Å²) in [6.45, 7) is 3.19. The summed E-state index contributed by atoms with van der Waals surface area (Å²) in [5, 5.41) is 6.27. The molecule has 0 spiro atoms. The van der Waals surface area contributed by atoms with Gasteiger partial charge in [-0.25, -0.2) is 4.98 Å². The highest BCUT2D eigenvalue weighted by Crippen LogP contribution is 2.39. The van der Waals surface area contributed by atoms with Crippen LogP contribution in [0.3, 0.4) is 0 Å². The van der Waals surface area contributed by atoms with Gasteiger partial charge in [-0.3, -0.25) is 9.59 Å². The average molecular weight is 511 g/mol. The molecule has 2 bridgehead atoms. The second-order valence-electron chi connectivity index (χ2n) is 10.7. The molecule has 0 radical (unpaired) electrons. The zero-order valence-electron chi connectivity index (χ0n) is 21.8. The lowest BCUT2D eigenvalue weighted by Crippen LogP contribution is -2.50. The molecule has 2 amide bonds. The Hall–Kier alpha value is -3.87. The van der Waals surface area contributed by atoms with E-state index >= 15 is 0 Å². The number of hydrogen-bond donors (Lipinski definition) is 2. The van der Waals surface area contributed by atoms with Crippen molar-refractivity contribution in [3.05, 3.63) is 88.6 Å². The zero-order chi connectivity index (χ0) is 26.1. The molecule has 2 fully saturated rings. The summed E-state index contributed by atoms with van der Waals surface area (Å²) in [4.78, 5) is 32.9. The van der Waals surface area contributed by atoms with Crippen LogP contribution in [-0.2, 0) is 13.0 Å². The summed E-state index contributed by atoms with van der Waals surface area (Å²) in [5.41, 5.74) is 4.47. The number of carbonyl (C=O) groups is 2. The third-order valence-electron chi connectivity index (χ3n) is 8.21. The van der Waals surface area contributed by atoms with Crippen LogP contribution < -0.4 is 20.3 Å². The smallest absolute Gasteiger partial charge is 0.253 e. The van der Waals surface area contributed by atoms with Crippen molar-refractivity contribution < 1.29 is 14.3 Å². The molecule has 2 aromatic carbocycles. The molecule has 0 aliphatic carbocycles. The van der Waals surface area contributed by atoms with Gasteiger partial charge in [0.25, 0.3) is 11.8 Å². The average Bonchev–Trinajstić information content (AvgIpc) is 3.22. The lowest BCUT2D eigenvalue weighted by Gasteiger charge is -2.40. The standard InChI is InChI=1S/C31H34N4O3/c1-20-27(13-9-22-8-5-15-38-29(20)22)31(37)34-24-16-25-11-12-26(17-24)35(25)28-14-10-23(19-32-28)30(36)33-18-21-6-3-2-4-7-21/h2-4,6-7,9-10,13-14,19,24-26H,5,8,11-12,15-18H2,1H3,(H,33,36)(H,34,37)/t24-,25+,26-. The Labute approximate surface area is 223 Å². The first-order valence-corrected chi connectivity index (χ1v) is 13.7. The predicted octanol–water partition coefficient (Wildman–Crippen LogP) is 4.57. The highest BCUT2D eigenvalue weighted by molar-refractivity contribution is 5.96. The van der Waals surface area contributed by atoms with Crippen LogP contribution in [0, 0.1) is 6.92 Å². The summed E-state index contributed by atoms with van der Waals surface area (Å²) in [6, 6.07) is 18.5. The fraction of sp³-hybridized carbons (Fsp3) is 0.387. The fourth-order valence-electron chi connectivity index (χ4n) is 6.31. The van der Waals surface area contributed by atoms with E-state index in [1.807, 2.05) is 61.5 Å². The van der Waals surface area contributed by atoms with Gasteiger partial charge in [-0.1, -0.05) is 36.4 Å². The number of rotatable bonds is 6. The second kappa shape index (κ2) is 10.5. The van der Waals surface area contributed by atoms with E-state index in [4.69, 9.17) is 4.74 Å². The number of piperidine rings is 1. The predicted molar refractivity (Wildman–Crippen MR) is 147 cm³/mol. The van der Waals surface area contributed by atoms with Crippen molar-refractivity contribution in [3.8, 4) is 5.75 Å². The number of aryl methyl sites for hydroxylation is 1. The first-order valence-electron chi connectivity index (χ1n) is 13.7. The number of fused-ring (bicyclic) bond motifs is 3. The summed E-state index contributed by atoms with van der Waals surface area (Å²) in [6.07, 6.45) is 7.66. The summed E-state index contributed by atoms with van der Waals surface area (Å²) in [5.74, 6) is 1.66. The van der Waals surface area contributed by atoms with Gasteiger partial charge >= 0.3 is 0 Å². The first kappa shape index (κ1) is 24.5. The minimum Gasteiger partial charge on any atom is -0.493 e. The molecule has 3 aliphatic heterocycles. The molecule has 3 aliphatic rings. The number of anilines is 1. The molecule has 6 rings (SSSR count). The topological polar surface area (TPSA) is 83.6 Å². The molecular formula is C31H34N4O3. The number of nitrogens with one attached hydrogen (secondary N) is 2. The molecule has 2 saturated heterocycles. The second-order valence-corrected chi connectivity index (χ2v) is 10.7. The van der Waals surface area contributed by atoms with Crippen LogP contribution >= 0.6 is 0 Å². The van der Waals surface area contributed by atoms with Gasteiger partial charge in [0.2, 0.25) is 0 Å². The van der Waals surface area contributed by atoms with Gasteiger partial charge < -0.3 is 20.3 Å². The van der Waals surface area contributed by atoms with Gasteiger partial charge in [0.1, 0.15) is 11.6 Å². The van der Waals surface area contributed by atoms with Crippen LogP contribution in [0.15, 0.2) is 60.8 Å². The number of ether oxygens (including phenoxy) is 1. The van der Waals surface area contributed by atoms with Crippen LogP contribution in [0.5, 0.6) is 5.75 Å². The van der Waals surface area contributed by atoms with E-state index in [0.29, 0.717) is 36.4 Å². The van der Waals surface area contributed by atoms with Crippen molar-refractivity contribution in [3.63, 3.8) is 0 Å². The van der Waals surface area contributed by atoms with E-state index in [2.05, 4.69) is 20.5 Å². The number of pyridine rings is 1. The summed E-state index contributed by atoms with van der Waals surface area (Å²) in [7, 11) is 0. The Bertz CT molecular complexity index is 1310. The molecule has 0 unspecified atom stereocenters. The van der Waals surface area contributed by atoms with Crippen LogP contribution in [0.2, 0.25) is 0 Å². The van der Waals surface area contributed by atoms with Crippen molar-refractivity contribution in [1.29, 1.82) is 0 Å². The Balaban J connectivity index is 1.08. The van der Waals surface area contributed by atoms with E-state index < -0.39 is 0 Å². The van der Waals surface area contributed by atoms with Crippen LogP contribution in [-0.4, -0.2) is 41.5 Å². The van der Waals surface area contributed by atoms with E-state index in [-0.39, 0.29) is 17.9 Å². The van der Waals surface area contributed by atoms with Crippen molar-refractivity contribution in [2.24, 2.45) is 0 Å². The molecule has 3 atom stereocenters. The molecule has 4 heterocycles. The fourth-order valence-corrected chi connectivity index (χ4v) is 6.31. The summed E-state index contributed by atoms with van der Waals surface area (Å²) < 4.78 is 5.88. The van der Waals surface area contributed by atoms with Gasteiger partial charge in [-0.15, -0.1) is 0 Å². The van der Waals surface area contributed by atoms with Gasteiger partial charge in [0, 0.05) is 42.0 Å². The number of aromatic nitrogens is 1. The minimum atomic E-state index is -0.125. The van der Waals surface area contributed by atoms with Crippen molar-refractivity contribution in [2.45, 2.75) is 70.1 Å². The van der Waals surface area contributed by atoms with Gasteiger partial charge in [-0.05, 0) is 74.8 Å². The van der Waals surface area contributed by atoms with Crippen molar-refractivity contribution in [2.75, 3.05) is 11.5 Å². The van der Waals surface area contributed by atoms with Crippen LogP contribution in [0.1, 0.15) is 69.5 Å². The first-order chi connectivity index (χ1) is 18.6. The maximum atomic E-state index is 13.2. The number of benzene rings is 2. The lowest BCUT2D eigenvalue weighted by atomic mass is 9.95. The molecular weight excluding hydrogens is 476 g/mol. The summed E-state index contributed by atoms with van der Waals surface area (Å²) >= 11 is 0. The molecule has 0 saturated carbocycles. The van der Waals surface area contributed by atoms with Gasteiger partial charge in [-0.2, -0.15) is 0 Å². The highest BCUT2D eigenvalue weighted by atomic mass is 16.5. The molecule has 1 aromatic heterocycles. The number of amides is 2. The minimum absolute atomic E-state index is 0.0127. The quantitative estimate of drug-likeness (QED) is 0.508. The van der Waals surface area contributed by atoms with Crippen molar-refractivity contribution in [1.82, 2.24) is 15.6 Å². The maximum Gasteiger partial charge on any atom is 0.253 e. The van der Waals surface area contributed by atoms with E-state index in [1.165, 1.54) is 5.56 Å². The van der Waals surface area contributed by atoms with Gasteiger partial charge in [0.05, 0.1) is 12.2 Å². The Morgan fingerprint density at radius 1 is 1.00 bits per heavy atom. The third kappa shape index (κ3) is 4.85. The van der Waals surface area contributed by atoms with Crippen LogP contribution in [0.25, 0.3) is 0 Å². The molecule has 7 heteroatoms. The van der Waals surface area contributed by atoms with E-state index in [1.54, 1.807) is 6.20 Å². The Kier molecular flexibility index (Phi) is 6.75. The number of nitrogens with zero attached hydrogens (tertiary/aromatic N) is 2. The molecule has 7 nitrogen and oxygen atoms in total. The largest absolute Gasteiger partial charge is 0.493 e. The molecule has 2 N–H and O–H groups in total. The zero-order valence-corrected chi connectivity index (χ0v) is 21.8. The van der Waals surface area contributed by atoms with Crippen LogP contribution in [0.4, 0.5) is 5.82 Å². The monoisotopic (exact) mass is 510 g/mol. The Morgan fingerprint density at radius 2 is 1.79 bits per heavy atom. The Morgan fingerprint density at radius 3 is 2.53 bits per heavy atom. The van der Waals surface area contributed by atoms with E-state index in [0.717, 1.165) is 61.2 Å². The molecule has 38 heavy (non-hydrogen) atoms. The molecule has 196 valence electrons. The maximum absolute atomic E-state index is 13.2. The highest BCUT2D eigenvalue weighted by Gasteiger charge is 2.42. The third-order valence-corrected chi connectivity index (χ3v) is 8.21. The van der Waals surface area contributed by atoms with Gasteiger partial charge in [0.15, 0.2) is 0 Å². The molecule has 3 aromatic rings. The van der Waals surface area contributed by atoms with Crippen molar-refractivity contribution >= 4 is 17.6 Å². The number of hydrogen-bond acceptors (Lipinski definition) is 5. The van der Waals surface area contributed by atoms with E-state index in [9.17, 15) is 9.59 Å². The number of carbonyl (C=O) groups excluding carboxylic acids is 2. The normalized spacial score (nSPS) is 21.8. The SMILES string of the molecule is Cc1c(C(=O)N[C@H]2C[C@H]3CC[C@@H](C2)N3c2ccc(C(=O)NCc3ccccc3)cn2)ccc2c1OCCC2. The lowest BCUT2D eigenvalue weighted by molar-refractivity contribution is 0.0923.